The van der Waals surface area contributed by atoms with Crippen molar-refractivity contribution < 1.29 is 19.1 Å². The summed E-state index contributed by atoms with van der Waals surface area (Å²) >= 11 is 1.53. The molecule has 0 spiro atoms. The van der Waals surface area contributed by atoms with Crippen molar-refractivity contribution in [3.05, 3.63) is 48.0 Å². The first-order chi connectivity index (χ1) is 13.7. The van der Waals surface area contributed by atoms with Crippen LogP contribution in [-0.4, -0.2) is 36.0 Å². The van der Waals surface area contributed by atoms with Crippen LogP contribution in [0.5, 0.6) is 11.5 Å². The largest absolute Gasteiger partial charge is 0.486 e. The SMILES string of the molecule is O=C(CCSC1CCc2ccccc2NC1=O)Nc1ccc2c(c1)OCCO2. The van der Waals surface area contributed by atoms with E-state index in [9.17, 15) is 9.59 Å². The van der Waals surface area contributed by atoms with Crippen LogP contribution in [0.15, 0.2) is 42.5 Å². The van der Waals surface area contributed by atoms with Crippen molar-refractivity contribution in [1.29, 1.82) is 0 Å². The van der Waals surface area contributed by atoms with Crippen molar-refractivity contribution in [1.82, 2.24) is 0 Å². The van der Waals surface area contributed by atoms with Crippen LogP contribution in [0.2, 0.25) is 0 Å². The lowest BCUT2D eigenvalue weighted by Gasteiger charge is -2.19. The Hall–Kier alpha value is -2.67. The molecule has 2 aliphatic heterocycles. The van der Waals surface area contributed by atoms with Gasteiger partial charge in [0.1, 0.15) is 13.2 Å². The molecule has 0 bridgehead atoms. The molecule has 0 aromatic heterocycles. The van der Waals surface area contributed by atoms with E-state index in [0.29, 0.717) is 42.6 Å². The number of amides is 2. The first-order valence-corrected chi connectivity index (χ1v) is 10.4. The van der Waals surface area contributed by atoms with Gasteiger partial charge in [-0.3, -0.25) is 9.59 Å². The van der Waals surface area contributed by atoms with Gasteiger partial charge in [0.15, 0.2) is 11.5 Å². The molecule has 1 unspecified atom stereocenters. The Balaban J connectivity index is 1.26. The highest BCUT2D eigenvalue weighted by atomic mass is 32.2. The molecule has 2 aromatic carbocycles. The van der Waals surface area contributed by atoms with Crippen LogP contribution < -0.4 is 20.1 Å². The van der Waals surface area contributed by atoms with Gasteiger partial charge in [-0.2, -0.15) is 0 Å². The quantitative estimate of drug-likeness (QED) is 0.807. The van der Waals surface area contributed by atoms with Crippen molar-refractivity contribution >= 4 is 35.0 Å². The van der Waals surface area contributed by atoms with Crippen molar-refractivity contribution in [3.63, 3.8) is 0 Å². The van der Waals surface area contributed by atoms with Gasteiger partial charge in [0, 0.05) is 29.6 Å². The van der Waals surface area contributed by atoms with Gasteiger partial charge < -0.3 is 20.1 Å². The number of nitrogens with one attached hydrogen (secondary N) is 2. The number of hydrogen-bond donors (Lipinski definition) is 2. The standard InChI is InChI=1S/C21H22N2O4S/c24-20(22-15-6-7-17-18(13-15)27-11-10-26-17)9-12-28-19-8-5-14-3-1-2-4-16(14)23-21(19)25/h1-4,6-7,13,19H,5,8-12H2,(H,22,24)(H,23,25). The van der Waals surface area contributed by atoms with E-state index in [0.717, 1.165) is 24.1 Å². The number of thioether (sulfide) groups is 1. The highest BCUT2D eigenvalue weighted by Gasteiger charge is 2.24. The number of ether oxygens (including phenoxy) is 2. The van der Waals surface area contributed by atoms with Crippen LogP contribution in [0.4, 0.5) is 11.4 Å². The fourth-order valence-corrected chi connectivity index (χ4v) is 4.37. The number of rotatable bonds is 5. The number of carbonyl (C=O) groups excluding carboxylic acids is 2. The summed E-state index contributed by atoms with van der Waals surface area (Å²) in [5.41, 5.74) is 2.74. The topological polar surface area (TPSA) is 76.7 Å². The molecule has 0 radical (unpaired) electrons. The molecule has 4 rings (SSSR count). The number of hydrogen-bond acceptors (Lipinski definition) is 5. The summed E-state index contributed by atoms with van der Waals surface area (Å²) in [5, 5.41) is 5.73. The molecule has 0 aliphatic carbocycles. The zero-order valence-corrected chi connectivity index (χ0v) is 16.2. The molecule has 0 saturated heterocycles. The van der Waals surface area contributed by atoms with E-state index in [1.807, 2.05) is 24.3 Å². The first kappa shape index (κ1) is 18.7. The molecular weight excluding hydrogens is 376 g/mol. The van der Waals surface area contributed by atoms with Crippen molar-refractivity contribution in [2.24, 2.45) is 0 Å². The zero-order chi connectivity index (χ0) is 19.3. The van der Waals surface area contributed by atoms with Gasteiger partial charge in [0.05, 0.1) is 5.25 Å². The summed E-state index contributed by atoms with van der Waals surface area (Å²) in [4.78, 5) is 24.7. The van der Waals surface area contributed by atoms with Crippen LogP contribution in [0.25, 0.3) is 0 Å². The van der Waals surface area contributed by atoms with Gasteiger partial charge in [-0.1, -0.05) is 18.2 Å². The average Bonchev–Trinajstić information content (AvgIpc) is 2.86. The fraction of sp³-hybridized carbons (Fsp3) is 0.333. The lowest BCUT2D eigenvalue weighted by Crippen LogP contribution is -2.24. The van der Waals surface area contributed by atoms with Crippen LogP contribution in [0.3, 0.4) is 0 Å². The monoisotopic (exact) mass is 398 g/mol. The van der Waals surface area contributed by atoms with E-state index < -0.39 is 0 Å². The summed E-state index contributed by atoms with van der Waals surface area (Å²) in [6, 6.07) is 13.3. The van der Waals surface area contributed by atoms with Crippen molar-refractivity contribution in [2.75, 3.05) is 29.6 Å². The summed E-state index contributed by atoms with van der Waals surface area (Å²) in [5.74, 6) is 1.86. The van der Waals surface area contributed by atoms with Crippen LogP contribution in [0.1, 0.15) is 18.4 Å². The first-order valence-electron chi connectivity index (χ1n) is 9.39. The molecule has 2 heterocycles. The maximum Gasteiger partial charge on any atom is 0.237 e. The number of fused-ring (bicyclic) bond motifs is 2. The van der Waals surface area contributed by atoms with E-state index in [2.05, 4.69) is 10.6 Å². The molecule has 2 aromatic rings. The van der Waals surface area contributed by atoms with Gasteiger partial charge >= 0.3 is 0 Å². The third kappa shape index (κ3) is 4.42. The zero-order valence-electron chi connectivity index (χ0n) is 15.4. The molecule has 146 valence electrons. The van der Waals surface area contributed by atoms with Crippen LogP contribution >= 0.6 is 11.8 Å². The van der Waals surface area contributed by atoms with Gasteiger partial charge in [-0.25, -0.2) is 0 Å². The third-order valence-electron chi connectivity index (χ3n) is 4.72. The van der Waals surface area contributed by atoms with Crippen molar-refractivity contribution in [2.45, 2.75) is 24.5 Å². The molecule has 28 heavy (non-hydrogen) atoms. The second-order valence-corrected chi connectivity index (χ2v) is 8.01. The number of aryl methyl sites for hydroxylation is 1. The fourth-order valence-electron chi connectivity index (χ4n) is 3.29. The summed E-state index contributed by atoms with van der Waals surface area (Å²) in [7, 11) is 0. The van der Waals surface area contributed by atoms with Gasteiger partial charge in [0.2, 0.25) is 11.8 Å². The van der Waals surface area contributed by atoms with E-state index in [1.54, 1.807) is 18.2 Å². The van der Waals surface area contributed by atoms with E-state index in [-0.39, 0.29) is 17.1 Å². The Bertz CT molecular complexity index is 886. The molecule has 0 saturated carbocycles. The van der Waals surface area contributed by atoms with Crippen LogP contribution in [0, 0.1) is 0 Å². The smallest absolute Gasteiger partial charge is 0.237 e. The van der Waals surface area contributed by atoms with E-state index in [1.165, 1.54) is 11.8 Å². The molecule has 2 amide bonds. The summed E-state index contributed by atoms with van der Waals surface area (Å²) in [6.45, 7) is 1.05. The number of para-hydroxylation sites is 1. The van der Waals surface area contributed by atoms with Crippen LogP contribution in [-0.2, 0) is 16.0 Å². The normalized spacial score (nSPS) is 17.9. The van der Waals surface area contributed by atoms with Gasteiger partial charge in [-0.15, -0.1) is 11.8 Å². The Morgan fingerprint density at radius 3 is 2.86 bits per heavy atom. The number of anilines is 2. The molecule has 1 atom stereocenters. The highest BCUT2D eigenvalue weighted by molar-refractivity contribution is 8.00. The van der Waals surface area contributed by atoms with Gasteiger partial charge in [-0.05, 0) is 36.6 Å². The summed E-state index contributed by atoms with van der Waals surface area (Å²) in [6.07, 6.45) is 1.98. The molecule has 7 heteroatoms. The van der Waals surface area contributed by atoms with E-state index >= 15 is 0 Å². The second kappa shape index (κ2) is 8.56. The second-order valence-electron chi connectivity index (χ2n) is 6.70. The molecule has 6 nitrogen and oxygen atoms in total. The van der Waals surface area contributed by atoms with Crippen molar-refractivity contribution in [3.8, 4) is 11.5 Å². The molecular formula is C21H22N2O4S. The highest BCUT2D eigenvalue weighted by Crippen LogP contribution is 2.33. The number of carbonyl (C=O) groups is 2. The maximum atomic E-state index is 12.4. The Labute approximate surface area is 168 Å². The number of benzene rings is 2. The lowest BCUT2D eigenvalue weighted by molar-refractivity contribution is -0.116. The average molecular weight is 398 g/mol. The minimum atomic E-state index is -0.144. The third-order valence-corrected chi connectivity index (χ3v) is 6.01. The maximum absolute atomic E-state index is 12.4. The molecule has 2 aliphatic rings. The molecule has 2 N–H and O–H groups in total. The van der Waals surface area contributed by atoms with Gasteiger partial charge in [0.25, 0.3) is 0 Å². The Kier molecular flexibility index (Phi) is 5.71. The summed E-state index contributed by atoms with van der Waals surface area (Å²) < 4.78 is 11.0. The Morgan fingerprint density at radius 1 is 1.14 bits per heavy atom. The predicted molar refractivity (Wildman–Crippen MR) is 110 cm³/mol. The van der Waals surface area contributed by atoms with E-state index in [4.69, 9.17) is 9.47 Å². The minimum absolute atomic E-state index is 0.0159. The molecule has 0 fully saturated rings. The lowest BCUT2D eigenvalue weighted by atomic mass is 10.1. The minimum Gasteiger partial charge on any atom is -0.486 e. The predicted octanol–water partition coefficient (Wildman–Crippen LogP) is 3.47. The Morgan fingerprint density at radius 2 is 1.96 bits per heavy atom.